The molecule has 0 saturated carbocycles. The zero-order chi connectivity index (χ0) is 21.1. The van der Waals surface area contributed by atoms with E-state index in [9.17, 15) is 5.11 Å². The van der Waals surface area contributed by atoms with Gasteiger partial charge in [0.2, 0.25) is 6.79 Å². The summed E-state index contributed by atoms with van der Waals surface area (Å²) in [7, 11) is 0. The first-order chi connectivity index (χ1) is 14.2. The first kappa shape index (κ1) is 19.0. The topological polar surface area (TPSA) is 38.7 Å². The lowest BCUT2D eigenvalue weighted by molar-refractivity contribution is 0.174. The average Bonchev–Trinajstić information content (AvgIpc) is 3.13. The summed E-state index contributed by atoms with van der Waals surface area (Å²) < 4.78 is 11.5. The van der Waals surface area contributed by atoms with E-state index in [0.29, 0.717) is 5.75 Å². The Morgan fingerprint density at radius 1 is 0.800 bits per heavy atom. The van der Waals surface area contributed by atoms with E-state index >= 15 is 0 Å². The van der Waals surface area contributed by atoms with Crippen molar-refractivity contribution in [2.45, 2.75) is 40.5 Å². The second-order valence-electron chi connectivity index (χ2n) is 10.1. The largest absolute Gasteiger partial charge is 0.507 e. The van der Waals surface area contributed by atoms with Gasteiger partial charge in [-0.3, -0.25) is 0 Å². The molecule has 3 aromatic rings. The highest BCUT2D eigenvalue weighted by molar-refractivity contribution is 6.02. The number of phenols is 1. The lowest BCUT2D eigenvalue weighted by Crippen LogP contribution is -2.26. The Morgan fingerprint density at radius 2 is 1.47 bits per heavy atom. The summed E-state index contributed by atoms with van der Waals surface area (Å²) in [6, 6.07) is 16.1. The average molecular weight is 401 g/mol. The summed E-state index contributed by atoms with van der Waals surface area (Å²) in [6.07, 6.45) is 4.60. The highest BCUT2D eigenvalue weighted by Crippen LogP contribution is 2.51. The van der Waals surface area contributed by atoms with Crippen molar-refractivity contribution >= 4 is 16.3 Å². The van der Waals surface area contributed by atoms with Crippen molar-refractivity contribution in [3.8, 4) is 28.4 Å². The number of ether oxygens (including phenoxy) is 2. The van der Waals surface area contributed by atoms with Crippen molar-refractivity contribution in [2.24, 2.45) is 10.8 Å². The number of allylic oxidation sites excluding steroid dienone is 2. The maximum absolute atomic E-state index is 10.4. The van der Waals surface area contributed by atoms with Crippen LogP contribution in [0, 0.1) is 10.8 Å². The Hall–Kier alpha value is -2.94. The molecule has 3 nitrogen and oxygen atoms in total. The zero-order valence-corrected chi connectivity index (χ0v) is 18.1. The molecule has 3 aromatic carbocycles. The summed E-state index contributed by atoms with van der Waals surface area (Å²) in [4.78, 5) is 0. The lowest BCUT2D eigenvalue weighted by atomic mass is 9.65. The van der Waals surface area contributed by atoms with Gasteiger partial charge in [-0.15, -0.1) is 0 Å². The molecule has 1 aliphatic carbocycles. The number of benzene rings is 3. The standard InChI is InChI=1S/C27H28O3/c1-26(2)13-17(14-27(3,4)15-26)21-11-24-25(30-16-29-24)12-22(21)19-9-10-23(28)20-8-6-5-7-18(19)20/h5-13,28H,14-16H2,1-4H3. The van der Waals surface area contributed by atoms with Gasteiger partial charge < -0.3 is 14.6 Å². The minimum Gasteiger partial charge on any atom is -0.507 e. The van der Waals surface area contributed by atoms with Crippen LogP contribution in [-0.2, 0) is 0 Å². The molecule has 2 aliphatic rings. The molecule has 0 radical (unpaired) electrons. The quantitative estimate of drug-likeness (QED) is 0.495. The fourth-order valence-corrected chi connectivity index (χ4v) is 5.51. The Labute approximate surface area is 178 Å². The molecule has 0 atom stereocenters. The van der Waals surface area contributed by atoms with Crippen molar-refractivity contribution in [3.05, 3.63) is 60.2 Å². The van der Waals surface area contributed by atoms with Crippen molar-refractivity contribution < 1.29 is 14.6 Å². The number of phenolic OH excluding ortho intramolecular Hbond substituents is 1. The van der Waals surface area contributed by atoms with Crippen molar-refractivity contribution in [3.63, 3.8) is 0 Å². The summed E-state index contributed by atoms with van der Waals surface area (Å²) in [5.41, 5.74) is 5.10. The van der Waals surface area contributed by atoms with Crippen LogP contribution >= 0.6 is 0 Å². The molecule has 1 aliphatic heterocycles. The van der Waals surface area contributed by atoms with Crippen molar-refractivity contribution in [1.82, 2.24) is 0 Å². The lowest BCUT2D eigenvalue weighted by Gasteiger charge is -2.40. The Morgan fingerprint density at radius 3 is 2.17 bits per heavy atom. The summed E-state index contributed by atoms with van der Waals surface area (Å²) in [5, 5.41) is 12.3. The van der Waals surface area contributed by atoms with E-state index < -0.39 is 0 Å². The van der Waals surface area contributed by atoms with Gasteiger partial charge in [0.05, 0.1) is 0 Å². The van der Waals surface area contributed by atoms with Crippen LogP contribution in [0.1, 0.15) is 46.1 Å². The van der Waals surface area contributed by atoms with Crippen LogP contribution in [0.25, 0.3) is 27.5 Å². The monoisotopic (exact) mass is 400 g/mol. The Kier molecular flexibility index (Phi) is 4.15. The maximum Gasteiger partial charge on any atom is 0.231 e. The SMILES string of the molecule is CC1(C)C=C(c2cc3c(cc2-c2ccc(O)c4ccccc24)OCO3)CC(C)(C)C1. The van der Waals surface area contributed by atoms with E-state index in [-0.39, 0.29) is 17.6 Å². The summed E-state index contributed by atoms with van der Waals surface area (Å²) >= 11 is 0. The van der Waals surface area contributed by atoms with Gasteiger partial charge in [-0.05, 0) is 69.5 Å². The third-order valence-corrected chi connectivity index (χ3v) is 6.22. The van der Waals surface area contributed by atoms with Gasteiger partial charge in [0.15, 0.2) is 11.5 Å². The van der Waals surface area contributed by atoms with Gasteiger partial charge in [-0.2, -0.15) is 0 Å². The molecule has 154 valence electrons. The maximum atomic E-state index is 10.4. The van der Waals surface area contributed by atoms with Gasteiger partial charge in [-0.1, -0.05) is 64.1 Å². The summed E-state index contributed by atoms with van der Waals surface area (Å²) in [6.45, 7) is 9.59. The van der Waals surface area contributed by atoms with Crippen LogP contribution in [0.3, 0.4) is 0 Å². The zero-order valence-electron chi connectivity index (χ0n) is 18.1. The van der Waals surface area contributed by atoms with E-state index in [1.54, 1.807) is 6.07 Å². The Balaban J connectivity index is 1.79. The van der Waals surface area contributed by atoms with Gasteiger partial charge in [0.1, 0.15) is 5.75 Å². The number of fused-ring (bicyclic) bond motifs is 2. The van der Waals surface area contributed by atoms with Crippen LogP contribution in [0.4, 0.5) is 0 Å². The second-order valence-corrected chi connectivity index (χ2v) is 10.1. The molecule has 1 heterocycles. The van der Waals surface area contributed by atoms with Gasteiger partial charge >= 0.3 is 0 Å². The number of rotatable bonds is 2. The van der Waals surface area contributed by atoms with Crippen LogP contribution in [0.15, 0.2) is 54.6 Å². The normalized spacial score (nSPS) is 19.0. The molecule has 30 heavy (non-hydrogen) atoms. The molecule has 3 heteroatoms. The third-order valence-electron chi connectivity index (χ3n) is 6.22. The molecule has 0 aromatic heterocycles. The van der Waals surface area contributed by atoms with Crippen molar-refractivity contribution in [1.29, 1.82) is 0 Å². The first-order valence-corrected chi connectivity index (χ1v) is 10.6. The molecular formula is C27H28O3. The second kappa shape index (κ2) is 6.53. The summed E-state index contributed by atoms with van der Waals surface area (Å²) in [5.74, 6) is 1.88. The van der Waals surface area contributed by atoms with E-state index in [0.717, 1.165) is 46.2 Å². The van der Waals surface area contributed by atoms with E-state index in [1.807, 2.05) is 24.3 Å². The van der Waals surface area contributed by atoms with Crippen LogP contribution in [-0.4, -0.2) is 11.9 Å². The van der Waals surface area contributed by atoms with Crippen LogP contribution in [0.2, 0.25) is 0 Å². The number of aromatic hydroxyl groups is 1. The molecule has 0 spiro atoms. The third kappa shape index (κ3) is 3.23. The minimum absolute atomic E-state index is 0.127. The first-order valence-electron chi connectivity index (χ1n) is 10.6. The van der Waals surface area contributed by atoms with Crippen LogP contribution < -0.4 is 9.47 Å². The minimum atomic E-state index is 0.127. The van der Waals surface area contributed by atoms with E-state index in [1.165, 1.54) is 11.1 Å². The molecule has 0 fully saturated rings. The predicted molar refractivity (Wildman–Crippen MR) is 122 cm³/mol. The molecule has 0 saturated heterocycles. The molecule has 0 amide bonds. The smallest absolute Gasteiger partial charge is 0.231 e. The Bertz CT molecular complexity index is 1180. The highest BCUT2D eigenvalue weighted by atomic mass is 16.7. The molecular weight excluding hydrogens is 372 g/mol. The fourth-order valence-electron chi connectivity index (χ4n) is 5.51. The fraction of sp³-hybridized carbons (Fsp3) is 0.333. The van der Waals surface area contributed by atoms with Crippen molar-refractivity contribution in [2.75, 3.05) is 6.79 Å². The number of hydrogen-bond donors (Lipinski definition) is 1. The van der Waals surface area contributed by atoms with E-state index in [2.05, 4.69) is 52.0 Å². The molecule has 0 bridgehead atoms. The highest BCUT2D eigenvalue weighted by Gasteiger charge is 2.35. The van der Waals surface area contributed by atoms with Gasteiger partial charge in [-0.25, -0.2) is 0 Å². The molecule has 1 N–H and O–H groups in total. The van der Waals surface area contributed by atoms with E-state index in [4.69, 9.17) is 9.47 Å². The molecule has 0 unspecified atom stereocenters. The van der Waals surface area contributed by atoms with Gasteiger partial charge in [0.25, 0.3) is 0 Å². The predicted octanol–water partition coefficient (Wildman–Crippen LogP) is 7.17. The van der Waals surface area contributed by atoms with Crippen LogP contribution in [0.5, 0.6) is 17.2 Å². The number of hydrogen-bond acceptors (Lipinski definition) is 3. The molecule has 5 rings (SSSR count). The van der Waals surface area contributed by atoms with Gasteiger partial charge in [0, 0.05) is 5.39 Å².